The number of aryl methyl sites for hydroxylation is 1. The number of halogens is 1. The van der Waals surface area contributed by atoms with Crippen LogP contribution in [0, 0.1) is 0 Å². The Labute approximate surface area is 145 Å². The molecule has 1 aromatic heterocycles. The quantitative estimate of drug-likeness (QED) is 0.807. The molecule has 1 saturated heterocycles. The van der Waals surface area contributed by atoms with Crippen LogP contribution in [0.5, 0.6) is 0 Å². The molecule has 0 bridgehead atoms. The zero-order valence-electron chi connectivity index (χ0n) is 13.2. The molecule has 0 saturated carbocycles. The average molecular weight is 351 g/mol. The highest BCUT2D eigenvalue weighted by Crippen LogP contribution is 2.28. The van der Waals surface area contributed by atoms with E-state index < -0.39 is 0 Å². The molecular weight excluding hydrogens is 332 g/mol. The van der Waals surface area contributed by atoms with Crippen molar-refractivity contribution in [2.45, 2.75) is 38.4 Å². The average Bonchev–Trinajstić information content (AvgIpc) is 3.08. The van der Waals surface area contributed by atoms with E-state index in [2.05, 4.69) is 10.5 Å². The van der Waals surface area contributed by atoms with Gasteiger partial charge in [0, 0.05) is 31.4 Å². The van der Waals surface area contributed by atoms with Crippen molar-refractivity contribution in [1.29, 1.82) is 0 Å². The molecule has 1 amide bonds. The molecule has 7 heteroatoms. The Morgan fingerprint density at radius 3 is 3.04 bits per heavy atom. The Kier molecular flexibility index (Phi) is 5.85. The van der Waals surface area contributed by atoms with Gasteiger partial charge in [0.25, 0.3) is 0 Å². The van der Waals surface area contributed by atoms with Crippen LogP contribution in [0.25, 0.3) is 11.3 Å². The van der Waals surface area contributed by atoms with Crippen LogP contribution in [-0.4, -0.2) is 23.8 Å². The van der Waals surface area contributed by atoms with Gasteiger partial charge >= 0.3 is 0 Å². The van der Waals surface area contributed by atoms with Crippen molar-refractivity contribution in [3.8, 4) is 11.3 Å². The van der Waals surface area contributed by atoms with Crippen LogP contribution in [0.15, 0.2) is 34.9 Å². The lowest BCUT2D eigenvalue weighted by Crippen LogP contribution is -2.33. The van der Waals surface area contributed by atoms with Gasteiger partial charge < -0.3 is 9.15 Å². The van der Waals surface area contributed by atoms with Crippen LogP contribution >= 0.6 is 11.6 Å². The van der Waals surface area contributed by atoms with E-state index in [1.165, 1.54) is 0 Å². The van der Waals surface area contributed by atoms with Crippen molar-refractivity contribution >= 4 is 17.5 Å². The zero-order valence-corrected chi connectivity index (χ0v) is 13.9. The monoisotopic (exact) mass is 350 g/mol. The lowest BCUT2D eigenvalue weighted by Gasteiger charge is -2.21. The van der Waals surface area contributed by atoms with E-state index in [1.54, 1.807) is 12.3 Å². The number of carbonyl (C=O) groups excluding carboxylic acids is 1. The number of amides is 1. The van der Waals surface area contributed by atoms with Crippen molar-refractivity contribution in [2.75, 3.05) is 6.61 Å². The van der Waals surface area contributed by atoms with E-state index in [-0.39, 0.29) is 18.6 Å². The first-order chi connectivity index (χ1) is 11.7. The van der Waals surface area contributed by atoms with Crippen molar-refractivity contribution in [2.24, 2.45) is 0 Å². The molecule has 2 heterocycles. The Morgan fingerprint density at radius 1 is 1.38 bits per heavy atom. The minimum absolute atomic E-state index is 0.217. The molecule has 2 aromatic rings. The number of benzene rings is 1. The highest BCUT2D eigenvalue weighted by molar-refractivity contribution is 6.33. The normalized spacial score (nSPS) is 17.6. The lowest BCUT2D eigenvalue weighted by molar-refractivity contribution is -0.200. The fourth-order valence-electron chi connectivity index (χ4n) is 2.42. The summed E-state index contributed by atoms with van der Waals surface area (Å²) in [7, 11) is 0. The highest BCUT2D eigenvalue weighted by Gasteiger charge is 2.16. The minimum atomic E-state index is -0.351. The number of ether oxygens (including phenoxy) is 1. The standard InChI is InChI=1S/C17H19ClN2O4/c18-13-6-2-1-5-12(13)14-11-19-16(23-14)9-8-15(21)20-24-17-7-3-4-10-22-17/h1-2,5-6,11,17H,3-4,7-10H2,(H,20,21)/t17-/m1/s1. The summed E-state index contributed by atoms with van der Waals surface area (Å²) in [6, 6.07) is 7.37. The molecule has 1 aliphatic heterocycles. The summed E-state index contributed by atoms with van der Waals surface area (Å²) in [6.07, 6.45) is 4.73. The van der Waals surface area contributed by atoms with Crippen molar-refractivity contribution in [3.05, 3.63) is 41.4 Å². The fourth-order valence-corrected chi connectivity index (χ4v) is 2.65. The van der Waals surface area contributed by atoms with Crippen LogP contribution in [0.1, 0.15) is 31.6 Å². The Bertz CT molecular complexity index is 683. The first-order valence-electron chi connectivity index (χ1n) is 7.98. The van der Waals surface area contributed by atoms with E-state index in [0.717, 1.165) is 24.8 Å². The molecule has 6 nitrogen and oxygen atoms in total. The summed E-state index contributed by atoms with van der Waals surface area (Å²) >= 11 is 6.13. The maximum atomic E-state index is 11.8. The van der Waals surface area contributed by atoms with Crippen molar-refractivity contribution in [3.63, 3.8) is 0 Å². The van der Waals surface area contributed by atoms with Crippen molar-refractivity contribution < 1.29 is 18.8 Å². The molecule has 1 fully saturated rings. The van der Waals surface area contributed by atoms with Gasteiger partial charge in [-0.25, -0.2) is 15.3 Å². The SMILES string of the molecule is O=C(CCc1ncc(-c2ccccc2Cl)o1)NO[C@@H]1CCCCO1. The Morgan fingerprint density at radius 2 is 2.25 bits per heavy atom. The minimum Gasteiger partial charge on any atom is -0.441 e. The van der Waals surface area contributed by atoms with Gasteiger partial charge in [-0.3, -0.25) is 4.79 Å². The first-order valence-corrected chi connectivity index (χ1v) is 8.36. The number of aromatic nitrogens is 1. The Balaban J connectivity index is 1.46. The van der Waals surface area contributed by atoms with Gasteiger partial charge in [-0.2, -0.15) is 0 Å². The summed E-state index contributed by atoms with van der Waals surface area (Å²) in [6.45, 7) is 0.668. The third kappa shape index (κ3) is 4.56. The van der Waals surface area contributed by atoms with Gasteiger partial charge in [0.05, 0.1) is 11.2 Å². The van der Waals surface area contributed by atoms with E-state index >= 15 is 0 Å². The van der Waals surface area contributed by atoms with Gasteiger partial charge in [0.15, 0.2) is 17.9 Å². The predicted octanol–water partition coefficient (Wildman–Crippen LogP) is 3.50. The number of nitrogens with zero attached hydrogens (tertiary/aromatic N) is 1. The molecule has 1 N–H and O–H groups in total. The summed E-state index contributed by atoms with van der Waals surface area (Å²) in [4.78, 5) is 21.2. The molecular formula is C17H19ClN2O4. The third-order valence-electron chi connectivity index (χ3n) is 3.70. The Hall–Kier alpha value is -1.89. The maximum Gasteiger partial charge on any atom is 0.244 e. The number of nitrogens with one attached hydrogen (secondary N) is 1. The molecule has 1 atom stereocenters. The van der Waals surface area contributed by atoms with Crippen molar-refractivity contribution in [1.82, 2.24) is 10.5 Å². The van der Waals surface area contributed by atoms with Gasteiger partial charge in [0.1, 0.15) is 0 Å². The largest absolute Gasteiger partial charge is 0.441 e. The number of carbonyl (C=O) groups is 1. The van der Waals surface area contributed by atoms with Crippen LogP contribution in [0.2, 0.25) is 5.02 Å². The van der Waals surface area contributed by atoms with Crippen LogP contribution in [-0.2, 0) is 20.8 Å². The number of oxazole rings is 1. The molecule has 24 heavy (non-hydrogen) atoms. The molecule has 1 aliphatic rings. The number of rotatable bonds is 6. The second kappa shape index (κ2) is 8.28. The first kappa shape index (κ1) is 17.0. The van der Waals surface area contributed by atoms with Gasteiger partial charge in [-0.15, -0.1) is 0 Å². The summed E-state index contributed by atoms with van der Waals surface area (Å²) in [5, 5.41) is 0.596. The molecule has 1 aromatic carbocycles. The highest BCUT2D eigenvalue weighted by atomic mass is 35.5. The molecule has 3 rings (SSSR count). The van der Waals surface area contributed by atoms with E-state index in [4.69, 9.17) is 25.6 Å². The number of hydrogen-bond acceptors (Lipinski definition) is 5. The maximum absolute atomic E-state index is 11.8. The van der Waals surface area contributed by atoms with Crippen LogP contribution in [0.3, 0.4) is 0 Å². The van der Waals surface area contributed by atoms with Gasteiger partial charge in [-0.05, 0) is 25.0 Å². The second-order valence-corrected chi connectivity index (χ2v) is 5.94. The number of hydrogen-bond donors (Lipinski definition) is 1. The lowest BCUT2D eigenvalue weighted by atomic mass is 10.2. The predicted molar refractivity (Wildman–Crippen MR) is 88.1 cm³/mol. The van der Waals surface area contributed by atoms with Gasteiger partial charge in [0.2, 0.25) is 5.91 Å². The van der Waals surface area contributed by atoms with Gasteiger partial charge in [-0.1, -0.05) is 23.7 Å². The zero-order chi connectivity index (χ0) is 16.8. The fraction of sp³-hybridized carbons (Fsp3) is 0.412. The van der Waals surface area contributed by atoms with Crippen LogP contribution in [0.4, 0.5) is 0 Å². The van der Waals surface area contributed by atoms with E-state index in [1.807, 2.05) is 18.2 Å². The topological polar surface area (TPSA) is 73.6 Å². The summed E-state index contributed by atoms with van der Waals surface area (Å²) in [5.41, 5.74) is 3.19. The van der Waals surface area contributed by atoms with E-state index in [9.17, 15) is 4.79 Å². The summed E-state index contributed by atoms with van der Waals surface area (Å²) < 4.78 is 11.0. The second-order valence-electron chi connectivity index (χ2n) is 5.54. The molecule has 0 spiro atoms. The molecule has 0 radical (unpaired) electrons. The molecule has 0 unspecified atom stereocenters. The molecule has 128 valence electrons. The van der Waals surface area contributed by atoms with E-state index in [0.29, 0.717) is 29.7 Å². The third-order valence-corrected chi connectivity index (χ3v) is 4.03. The number of hydroxylamine groups is 1. The smallest absolute Gasteiger partial charge is 0.244 e. The summed E-state index contributed by atoms with van der Waals surface area (Å²) in [5.74, 6) is 0.832. The molecule has 0 aliphatic carbocycles. The van der Waals surface area contributed by atoms with Crippen LogP contribution < -0.4 is 5.48 Å².